The Morgan fingerprint density at radius 2 is 1.82 bits per heavy atom. The SMILES string of the molecule is CC(O)CC(C)CNC(=O)NCC(C)c1ccc(F)cc1F. The van der Waals surface area contributed by atoms with Crippen LogP contribution in [0.1, 0.15) is 38.7 Å². The van der Waals surface area contributed by atoms with E-state index in [1.54, 1.807) is 13.8 Å². The Hall–Kier alpha value is -1.69. The molecule has 0 bridgehead atoms. The third-order valence-corrected chi connectivity index (χ3v) is 3.42. The average molecular weight is 314 g/mol. The molecule has 0 aliphatic heterocycles. The van der Waals surface area contributed by atoms with Gasteiger partial charge in [0.1, 0.15) is 11.6 Å². The minimum absolute atomic E-state index is 0.165. The molecule has 1 aromatic rings. The van der Waals surface area contributed by atoms with Crippen molar-refractivity contribution < 1.29 is 18.7 Å². The molecule has 0 aromatic heterocycles. The maximum absolute atomic E-state index is 13.6. The van der Waals surface area contributed by atoms with Gasteiger partial charge >= 0.3 is 6.03 Å². The van der Waals surface area contributed by atoms with E-state index in [0.717, 1.165) is 6.07 Å². The number of hydrogen-bond donors (Lipinski definition) is 3. The van der Waals surface area contributed by atoms with Gasteiger partial charge in [0.05, 0.1) is 6.10 Å². The van der Waals surface area contributed by atoms with E-state index in [4.69, 9.17) is 0 Å². The monoisotopic (exact) mass is 314 g/mol. The van der Waals surface area contributed by atoms with Crippen molar-refractivity contribution in [1.29, 1.82) is 0 Å². The number of hydrogen-bond acceptors (Lipinski definition) is 2. The van der Waals surface area contributed by atoms with Crippen LogP contribution in [0.3, 0.4) is 0 Å². The summed E-state index contributed by atoms with van der Waals surface area (Å²) in [7, 11) is 0. The van der Waals surface area contributed by atoms with Crippen molar-refractivity contribution in [1.82, 2.24) is 10.6 Å². The molecular weight excluding hydrogens is 290 g/mol. The summed E-state index contributed by atoms with van der Waals surface area (Å²) in [5, 5.41) is 14.6. The van der Waals surface area contributed by atoms with Gasteiger partial charge in [-0.3, -0.25) is 0 Å². The number of rotatable bonds is 7. The number of carbonyl (C=O) groups is 1. The molecule has 6 heteroatoms. The maximum Gasteiger partial charge on any atom is 0.314 e. The van der Waals surface area contributed by atoms with Crippen LogP contribution in [0, 0.1) is 17.6 Å². The van der Waals surface area contributed by atoms with E-state index in [0.29, 0.717) is 18.5 Å². The second-order valence-corrected chi connectivity index (χ2v) is 5.85. The second kappa shape index (κ2) is 8.68. The van der Waals surface area contributed by atoms with Crippen LogP contribution in [-0.2, 0) is 0 Å². The van der Waals surface area contributed by atoms with E-state index in [2.05, 4.69) is 10.6 Å². The van der Waals surface area contributed by atoms with Gasteiger partial charge in [0.15, 0.2) is 0 Å². The predicted molar refractivity (Wildman–Crippen MR) is 81.6 cm³/mol. The maximum atomic E-state index is 13.6. The summed E-state index contributed by atoms with van der Waals surface area (Å²) in [5.74, 6) is -1.33. The molecule has 0 aliphatic carbocycles. The number of aliphatic hydroxyl groups excluding tert-OH is 1. The van der Waals surface area contributed by atoms with Crippen LogP contribution in [0.5, 0.6) is 0 Å². The van der Waals surface area contributed by atoms with Crippen LogP contribution in [-0.4, -0.2) is 30.3 Å². The largest absolute Gasteiger partial charge is 0.393 e. The molecule has 124 valence electrons. The Kier molecular flexibility index (Phi) is 7.24. The van der Waals surface area contributed by atoms with Gasteiger partial charge in [-0.15, -0.1) is 0 Å². The normalized spacial score (nSPS) is 15.0. The highest BCUT2D eigenvalue weighted by Crippen LogP contribution is 2.19. The Balaban J connectivity index is 2.37. The molecular formula is C16H24F2N2O2. The van der Waals surface area contributed by atoms with Crippen molar-refractivity contribution >= 4 is 6.03 Å². The average Bonchev–Trinajstić information content (AvgIpc) is 2.41. The van der Waals surface area contributed by atoms with Gasteiger partial charge in [0, 0.05) is 25.1 Å². The zero-order valence-corrected chi connectivity index (χ0v) is 13.2. The molecule has 2 amide bonds. The number of aliphatic hydroxyl groups is 1. The Morgan fingerprint density at radius 3 is 2.41 bits per heavy atom. The van der Waals surface area contributed by atoms with Gasteiger partial charge in [-0.05, 0) is 30.9 Å². The number of carbonyl (C=O) groups excluding carboxylic acids is 1. The van der Waals surface area contributed by atoms with Crippen molar-refractivity contribution in [2.75, 3.05) is 13.1 Å². The lowest BCUT2D eigenvalue weighted by Gasteiger charge is -2.17. The van der Waals surface area contributed by atoms with Crippen LogP contribution in [0.15, 0.2) is 18.2 Å². The van der Waals surface area contributed by atoms with Crippen LogP contribution in [0.4, 0.5) is 13.6 Å². The fraction of sp³-hybridized carbons (Fsp3) is 0.562. The number of benzene rings is 1. The summed E-state index contributed by atoms with van der Waals surface area (Å²) in [5.41, 5.74) is 0.365. The molecule has 3 unspecified atom stereocenters. The van der Waals surface area contributed by atoms with Crippen LogP contribution >= 0.6 is 0 Å². The molecule has 22 heavy (non-hydrogen) atoms. The molecule has 0 radical (unpaired) electrons. The van der Waals surface area contributed by atoms with Crippen LogP contribution in [0.2, 0.25) is 0 Å². The van der Waals surface area contributed by atoms with Crippen LogP contribution in [0.25, 0.3) is 0 Å². The van der Waals surface area contributed by atoms with Crippen molar-refractivity contribution in [3.8, 4) is 0 Å². The Bertz CT molecular complexity index is 495. The summed E-state index contributed by atoms with van der Waals surface area (Å²) in [4.78, 5) is 11.7. The van der Waals surface area contributed by atoms with E-state index in [1.807, 2.05) is 6.92 Å². The van der Waals surface area contributed by atoms with E-state index >= 15 is 0 Å². The number of halogens is 2. The van der Waals surface area contributed by atoms with Crippen LogP contribution < -0.4 is 10.6 Å². The van der Waals surface area contributed by atoms with Crippen molar-refractivity contribution in [2.24, 2.45) is 5.92 Å². The summed E-state index contributed by atoms with van der Waals surface area (Å²) in [6.45, 7) is 6.10. The molecule has 0 saturated carbocycles. The molecule has 0 aliphatic rings. The molecule has 4 nitrogen and oxygen atoms in total. The summed E-state index contributed by atoms with van der Waals surface area (Å²) >= 11 is 0. The van der Waals surface area contributed by atoms with Crippen molar-refractivity contribution in [3.63, 3.8) is 0 Å². The second-order valence-electron chi connectivity index (χ2n) is 5.85. The molecule has 0 heterocycles. The minimum atomic E-state index is -0.619. The van der Waals surface area contributed by atoms with Crippen molar-refractivity contribution in [3.05, 3.63) is 35.4 Å². The third-order valence-electron chi connectivity index (χ3n) is 3.42. The quantitative estimate of drug-likeness (QED) is 0.725. The van der Waals surface area contributed by atoms with Gasteiger partial charge in [-0.2, -0.15) is 0 Å². The highest BCUT2D eigenvalue weighted by Gasteiger charge is 2.13. The fourth-order valence-corrected chi connectivity index (χ4v) is 2.25. The summed E-state index contributed by atoms with van der Waals surface area (Å²) in [6, 6.07) is 3.09. The van der Waals surface area contributed by atoms with Gasteiger partial charge in [-0.25, -0.2) is 13.6 Å². The first-order chi connectivity index (χ1) is 10.3. The Labute approximate surface area is 129 Å². The van der Waals surface area contributed by atoms with Gasteiger partial charge in [0.25, 0.3) is 0 Å². The smallest absolute Gasteiger partial charge is 0.314 e. The molecule has 0 spiro atoms. The Morgan fingerprint density at radius 1 is 1.18 bits per heavy atom. The lowest BCUT2D eigenvalue weighted by atomic mass is 10.0. The number of urea groups is 1. The predicted octanol–water partition coefficient (Wildman–Crippen LogP) is 2.77. The van der Waals surface area contributed by atoms with E-state index in [1.165, 1.54) is 12.1 Å². The lowest BCUT2D eigenvalue weighted by molar-refractivity contribution is 0.163. The molecule has 3 atom stereocenters. The first kappa shape index (κ1) is 18.4. The zero-order chi connectivity index (χ0) is 16.7. The minimum Gasteiger partial charge on any atom is -0.393 e. The first-order valence-electron chi connectivity index (χ1n) is 7.44. The van der Waals surface area contributed by atoms with E-state index in [-0.39, 0.29) is 24.4 Å². The number of amides is 2. The van der Waals surface area contributed by atoms with Gasteiger partial charge in [-0.1, -0.05) is 19.9 Å². The molecule has 0 saturated heterocycles. The highest BCUT2D eigenvalue weighted by molar-refractivity contribution is 5.73. The third kappa shape index (κ3) is 6.39. The van der Waals surface area contributed by atoms with E-state index < -0.39 is 17.7 Å². The number of nitrogens with one attached hydrogen (secondary N) is 2. The zero-order valence-electron chi connectivity index (χ0n) is 13.2. The first-order valence-corrected chi connectivity index (χ1v) is 7.44. The topological polar surface area (TPSA) is 61.4 Å². The molecule has 3 N–H and O–H groups in total. The van der Waals surface area contributed by atoms with Gasteiger partial charge in [0.2, 0.25) is 0 Å². The molecule has 0 fully saturated rings. The van der Waals surface area contributed by atoms with E-state index in [9.17, 15) is 18.7 Å². The molecule has 1 rings (SSSR count). The standard InChI is InChI=1S/C16H24F2N2O2/c1-10(6-12(3)21)8-19-16(22)20-9-11(2)14-5-4-13(17)7-15(14)18/h4-5,7,10-12,21H,6,8-9H2,1-3H3,(H2,19,20,22). The molecule has 1 aromatic carbocycles. The highest BCUT2D eigenvalue weighted by atomic mass is 19.1. The van der Waals surface area contributed by atoms with Gasteiger partial charge < -0.3 is 15.7 Å². The fourth-order valence-electron chi connectivity index (χ4n) is 2.25. The lowest BCUT2D eigenvalue weighted by Crippen LogP contribution is -2.39. The van der Waals surface area contributed by atoms with Crippen molar-refractivity contribution in [2.45, 2.75) is 39.2 Å². The summed E-state index contributed by atoms with van der Waals surface area (Å²) < 4.78 is 26.5. The summed E-state index contributed by atoms with van der Waals surface area (Å²) in [6.07, 6.45) is 0.207.